The van der Waals surface area contributed by atoms with Crippen LogP contribution in [-0.4, -0.2) is 11.0 Å². The van der Waals surface area contributed by atoms with Crippen LogP contribution >= 0.6 is 11.3 Å². The highest BCUT2D eigenvalue weighted by atomic mass is 32.1. The first-order valence-corrected chi connectivity index (χ1v) is 5.72. The summed E-state index contributed by atoms with van der Waals surface area (Å²) in [6.45, 7) is 6.47. The second-order valence-corrected chi connectivity index (χ2v) is 5.24. The van der Waals surface area contributed by atoms with Gasteiger partial charge in [-0.05, 0) is 33.6 Å². The summed E-state index contributed by atoms with van der Waals surface area (Å²) in [5.74, 6) is 0.777. The fourth-order valence-corrected chi connectivity index (χ4v) is 2.50. The molecule has 1 saturated carbocycles. The summed E-state index contributed by atoms with van der Waals surface area (Å²) in [5.41, 5.74) is 1.34. The molecule has 3 heteroatoms. The van der Waals surface area contributed by atoms with Crippen LogP contribution in [0, 0.1) is 6.92 Å². The van der Waals surface area contributed by atoms with Crippen LogP contribution in [0.25, 0.3) is 0 Å². The maximum Gasteiger partial charge on any atom is 0.183 e. The molecular weight excluding hydrogens is 180 g/mol. The Morgan fingerprint density at radius 1 is 1.46 bits per heavy atom. The number of hydrogen-bond acceptors (Lipinski definition) is 3. The summed E-state index contributed by atoms with van der Waals surface area (Å²) >= 11 is 1.79. The van der Waals surface area contributed by atoms with Gasteiger partial charge in [-0.2, -0.15) is 0 Å². The van der Waals surface area contributed by atoms with E-state index in [1.807, 2.05) is 0 Å². The fraction of sp³-hybridized carbons (Fsp3) is 0.700. The van der Waals surface area contributed by atoms with Crippen molar-refractivity contribution in [1.82, 2.24) is 4.98 Å². The van der Waals surface area contributed by atoms with Crippen LogP contribution in [-0.2, 0) is 0 Å². The SMILES string of the molecule is Cc1sc(NC(C)C)nc1C1CC1. The lowest BCUT2D eigenvalue weighted by Crippen LogP contribution is -2.09. The molecule has 0 amide bonds. The van der Waals surface area contributed by atoms with E-state index in [1.54, 1.807) is 11.3 Å². The number of thiazole rings is 1. The van der Waals surface area contributed by atoms with Crippen LogP contribution < -0.4 is 5.32 Å². The first kappa shape index (κ1) is 9.00. The Morgan fingerprint density at radius 3 is 2.69 bits per heavy atom. The molecule has 13 heavy (non-hydrogen) atoms. The van der Waals surface area contributed by atoms with E-state index in [1.165, 1.54) is 23.4 Å². The lowest BCUT2D eigenvalue weighted by molar-refractivity contribution is 0.891. The zero-order chi connectivity index (χ0) is 9.42. The van der Waals surface area contributed by atoms with Crippen molar-refractivity contribution >= 4 is 16.5 Å². The van der Waals surface area contributed by atoms with Gasteiger partial charge in [-0.3, -0.25) is 0 Å². The molecule has 0 aliphatic heterocycles. The van der Waals surface area contributed by atoms with Crippen molar-refractivity contribution in [2.24, 2.45) is 0 Å². The number of rotatable bonds is 3. The molecule has 1 N–H and O–H groups in total. The number of nitrogens with zero attached hydrogens (tertiary/aromatic N) is 1. The van der Waals surface area contributed by atoms with Gasteiger partial charge in [0.1, 0.15) is 0 Å². The minimum Gasteiger partial charge on any atom is -0.359 e. The Bertz CT molecular complexity index is 300. The molecule has 2 rings (SSSR count). The Balaban J connectivity index is 2.14. The van der Waals surface area contributed by atoms with Gasteiger partial charge in [0.25, 0.3) is 0 Å². The molecule has 0 spiro atoms. The Hall–Kier alpha value is -0.570. The zero-order valence-electron chi connectivity index (χ0n) is 8.42. The largest absolute Gasteiger partial charge is 0.359 e. The second-order valence-electron chi connectivity index (χ2n) is 4.03. The van der Waals surface area contributed by atoms with Crippen LogP contribution in [0.3, 0.4) is 0 Å². The van der Waals surface area contributed by atoms with Crippen LogP contribution in [0.4, 0.5) is 5.13 Å². The van der Waals surface area contributed by atoms with E-state index in [2.05, 4.69) is 31.1 Å². The predicted octanol–water partition coefficient (Wildman–Crippen LogP) is 3.15. The standard InChI is InChI=1S/C10H16N2S/c1-6(2)11-10-12-9(7(3)13-10)8-4-5-8/h6,8H,4-5H2,1-3H3,(H,11,12). The van der Waals surface area contributed by atoms with Gasteiger partial charge in [0, 0.05) is 16.8 Å². The smallest absolute Gasteiger partial charge is 0.183 e. The van der Waals surface area contributed by atoms with Gasteiger partial charge in [0.2, 0.25) is 0 Å². The Labute approximate surface area is 83.4 Å². The van der Waals surface area contributed by atoms with Gasteiger partial charge < -0.3 is 5.32 Å². The molecular formula is C10H16N2S. The lowest BCUT2D eigenvalue weighted by atomic mass is 10.3. The van der Waals surface area contributed by atoms with Gasteiger partial charge in [-0.25, -0.2) is 4.98 Å². The molecule has 0 bridgehead atoms. The van der Waals surface area contributed by atoms with Crippen molar-refractivity contribution in [3.63, 3.8) is 0 Å². The van der Waals surface area contributed by atoms with E-state index in [0.29, 0.717) is 6.04 Å². The van der Waals surface area contributed by atoms with Crippen molar-refractivity contribution in [2.45, 2.75) is 45.6 Å². The third-order valence-electron chi connectivity index (χ3n) is 2.21. The molecule has 0 radical (unpaired) electrons. The van der Waals surface area contributed by atoms with Crippen LogP contribution in [0.15, 0.2) is 0 Å². The van der Waals surface area contributed by atoms with Crippen molar-refractivity contribution < 1.29 is 0 Å². The third-order valence-corrected chi connectivity index (χ3v) is 3.13. The summed E-state index contributed by atoms with van der Waals surface area (Å²) in [6, 6.07) is 0.484. The number of hydrogen-bond donors (Lipinski definition) is 1. The molecule has 1 aliphatic rings. The highest BCUT2D eigenvalue weighted by molar-refractivity contribution is 7.15. The maximum atomic E-state index is 4.62. The molecule has 1 aromatic heterocycles. The van der Waals surface area contributed by atoms with Crippen molar-refractivity contribution in [2.75, 3.05) is 5.32 Å². The van der Waals surface area contributed by atoms with E-state index in [4.69, 9.17) is 0 Å². The molecule has 0 unspecified atom stereocenters. The number of nitrogens with one attached hydrogen (secondary N) is 1. The average Bonchev–Trinajstić information content (AvgIpc) is 2.77. The van der Waals surface area contributed by atoms with Gasteiger partial charge >= 0.3 is 0 Å². The molecule has 72 valence electrons. The Morgan fingerprint density at radius 2 is 2.15 bits per heavy atom. The van der Waals surface area contributed by atoms with Gasteiger partial charge in [0.05, 0.1) is 5.69 Å². The first-order chi connectivity index (χ1) is 6.16. The van der Waals surface area contributed by atoms with Crippen LogP contribution in [0.5, 0.6) is 0 Å². The molecule has 1 heterocycles. The fourth-order valence-electron chi connectivity index (χ4n) is 1.45. The van der Waals surface area contributed by atoms with Crippen LogP contribution in [0.2, 0.25) is 0 Å². The lowest BCUT2D eigenvalue weighted by Gasteiger charge is -2.04. The summed E-state index contributed by atoms with van der Waals surface area (Å²) in [7, 11) is 0. The van der Waals surface area contributed by atoms with Crippen molar-refractivity contribution in [1.29, 1.82) is 0 Å². The van der Waals surface area contributed by atoms with E-state index in [0.717, 1.165) is 11.0 Å². The zero-order valence-corrected chi connectivity index (χ0v) is 9.24. The quantitative estimate of drug-likeness (QED) is 0.803. The van der Waals surface area contributed by atoms with Crippen molar-refractivity contribution in [3.8, 4) is 0 Å². The van der Waals surface area contributed by atoms with E-state index in [9.17, 15) is 0 Å². The second kappa shape index (κ2) is 3.29. The first-order valence-electron chi connectivity index (χ1n) is 4.90. The van der Waals surface area contributed by atoms with E-state index >= 15 is 0 Å². The number of aromatic nitrogens is 1. The highest BCUT2D eigenvalue weighted by Gasteiger charge is 2.28. The summed E-state index contributed by atoms with van der Waals surface area (Å²) < 4.78 is 0. The third kappa shape index (κ3) is 2.02. The van der Waals surface area contributed by atoms with Crippen LogP contribution in [0.1, 0.15) is 43.2 Å². The number of anilines is 1. The summed E-state index contributed by atoms with van der Waals surface area (Å²) in [5, 5.41) is 4.45. The molecule has 1 aromatic rings. The molecule has 2 nitrogen and oxygen atoms in total. The molecule has 0 aromatic carbocycles. The normalized spacial score (nSPS) is 16.6. The summed E-state index contributed by atoms with van der Waals surface area (Å²) in [6.07, 6.45) is 2.68. The van der Waals surface area contributed by atoms with E-state index < -0.39 is 0 Å². The maximum absolute atomic E-state index is 4.62. The number of aryl methyl sites for hydroxylation is 1. The van der Waals surface area contributed by atoms with Gasteiger partial charge in [-0.15, -0.1) is 11.3 Å². The monoisotopic (exact) mass is 196 g/mol. The van der Waals surface area contributed by atoms with E-state index in [-0.39, 0.29) is 0 Å². The summed E-state index contributed by atoms with van der Waals surface area (Å²) in [4.78, 5) is 6.01. The van der Waals surface area contributed by atoms with Gasteiger partial charge in [0.15, 0.2) is 5.13 Å². The predicted molar refractivity (Wildman–Crippen MR) is 57.6 cm³/mol. The molecule has 1 fully saturated rings. The highest BCUT2D eigenvalue weighted by Crippen LogP contribution is 2.43. The minimum atomic E-state index is 0.484. The Kier molecular flexibility index (Phi) is 2.28. The minimum absolute atomic E-state index is 0.484. The molecule has 0 saturated heterocycles. The van der Waals surface area contributed by atoms with Gasteiger partial charge in [-0.1, -0.05) is 0 Å². The molecule has 1 aliphatic carbocycles. The molecule has 0 atom stereocenters. The average molecular weight is 196 g/mol. The van der Waals surface area contributed by atoms with Crippen molar-refractivity contribution in [3.05, 3.63) is 10.6 Å². The topological polar surface area (TPSA) is 24.9 Å².